The van der Waals surface area contributed by atoms with Crippen LogP contribution in [0.15, 0.2) is 30.5 Å². The molecule has 7 nitrogen and oxygen atoms in total. The predicted octanol–water partition coefficient (Wildman–Crippen LogP) is 2.00. The fourth-order valence-electron chi connectivity index (χ4n) is 2.51. The number of nitrogens with one attached hydrogen (secondary N) is 1. The molecule has 120 valence electrons. The summed E-state index contributed by atoms with van der Waals surface area (Å²) >= 11 is 6.18. The minimum Gasteiger partial charge on any atom is -0.464 e. The lowest BCUT2D eigenvalue weighted by Gasteiger charge is -2.19. The van der Waals surface area contributed by atoms with Crippen LogP contribution >= 0.6 is 11.6 Å². The number of carbonyl (C=O) groups is 1. The van der Waals surface area contributed by atoms with Crippen molar-refractivity contribution < 1.29 is 9.53 Å². The molecule has 0 aromatic carbocycles. The molecule has 1 aliphatic rings. The van der Waals surface area contributed by atoms with E-state index in [0.29, 0.717) is 10.8 Å². The summed E-state index contributed by atoms with van der Waals surface area (Å²) in [5.41, 5.74) is 0.186. The Bertz CT molecular complexity index is 695. The van der Waals surface area contributed by atoms with E-state index in [1.165, 1.54) is 7.11 Å². The Morgan fingerprint density at radius 1 is 1.39 bits per heavy atom. The largest absolute Gasteiger partial charge is 0.464 e. The van der Waals surface area contributed by atoms with Crippen molar-refractivity contribution in [2.24, 2.45) is 0 Å². The lowest BCUT2D eigenvalue weighted by atomic mass is 10.2. The van der Waals surface area contributed by atoms with Crippen molar-refractivity contribution in [2.45, 2.75) is 12.5 Å². The van der Waals surface area contributed by atoms with Crippen molar-refractivity contribution in [2.75, 3.05) is 30.4 Å². The van der Waals surface area contributed by atoms with Gasteiger partial charge in [0.05, 0.1) is 12.1 Å². The van der Waals surface area contributed by atoms with Crippen LogP contribution < -0.4 is 10.2 Å². The highest BCUT2D eigenvalue weighted by Gasteiger charge is 2.25. The second-order valence-electron chi connectivity index (χ2n) is 5.18. The molecule has 2 aromatic rings. The van der Waals surface area contributed by atoms with E-state index < -0.39 is 5.97 Å². The third kappa shape index (κ3) is 3.50. The van der Waals surface area contributed by atoms with Crippen molar-refractivity contribution in [3.8, 4) is 0 Å². The van der Waals surface area contributed by atoms with E-state index >= 15 is 0 Å². The molecule has 3 rings (SSSR count). The maximum atomic E-state index is 11.3. The van der Waals surface area contributed by atoms with Crippen molar-refractivity contribution in [1.29, 1.82) is 0 Å². The van der Waals surface area contributed by atoms with Crippen LogP contribution in [0, 0.1) is 0 Å². The molecule has 0 bridgehead atoms. The second-order valence-corrected chi connectivity index (χ2v) is 5.59. The highest BCUT2D eigenvalue weighted by molar-refractivity contribution is 6.32. The SMILES string of the molecule is COC(=O)c1ccc(NC2CCN(c3ncccc3Cl)C2)nn1. The zero-order valence-corrected chi connectivity index (χ0v) is 13.3. The fourth-order valence-corrected chi connectivity index (χ4v) is 2.75. The number of hydrogen-bond donors (Lipinski definition) is 1. The summed E-state index contributed by atoms with van der Waals surface area (Å²) < 4.78 is 4.60. The molecule has 1 unspecified atom stereocenters. The highest BCUT2D eigenvalue weighted by Crippen LogP contribution is 2.26. The van der Waals surface area contributed by atoms with E-state index in [9.17, 15) is 4.79 Å². The second kappa shape index (κ2) is 6.78. The van der Waals surface area contributed by atoms with Crippen LogP contribution in [0.2, 0.25) is 5.02 Å². The predicted molar refractivity (Wildman–Crippen MR) is 86.9 cm³/mol. The Morgan fingerprint density at radius 3 is 2.96 bits per heavy atom. The molecule has 1 atom stereocenters. The molecule has 2 aromatic heterocycles. The number of rotatable bonds is 4. The summed E-state index contributed by atoms with van der Waals surface area (Å²) in [5.74, 6) is 0.920. The normalized spacial score (nSPS) is 17.1. The average Bonchev–Trinajstić information content (AvgIpc) is 3.03. The molecule has 0 spiro atoms. The van der Waals surface area contributed by atoms with Gasteiger partial charge < -0.3 is 15.0 Å². The summed E-state index contributed by atoms with van der Waals surface area (Å²) in [4.78, 5) is 17.8. The van der Waals surface area contributed by atoms with Crippen molar-refractivity contribution >= 4 is 29.2 Å². The van der Waals surface area contributed by atoms with Gasteiger partial charge in [-0.15, -0.1) is 10.2 Å². The van der Waals surface area contributed by atoms with Gasteiger partial charge in [-0.2, -0.15) is 0 Å². The summed E-state index contributed by atoms with van der Waals surface area (Å²) in [6, 6.07) is 7.17. The third-order valence-electron chi connectivity index (χ3n) is 3.64. The first kappa shape index (κ1) is 15.5. The summed E-state index contributed by atoms with van der Waals surface area (Å²) in [5, 5.41) is 11.8. The molecule has 0 radical (unpaired) electrons. The molecule has 0 saturated carbocycles. The van der Waals surface area contributed by atoms with Gasteiger partial charge in [-0.1, -0.05) is 11.6 Å². The van der Waals surface area contributed by atoms with Gasteiger partial charge in [0.2, 0.25) is 0 Å². The van der Waals surface area contributed by atoms with Gasteiger partial charge in [0, 0.05) is 25.3 Å². The van der Waals surface area contributed by atoms with Crippen LogP contribution in [-0.4, -0.2) is 47.4 Å². The molecule has 0 amide bonds. The van der Waals surface area contributed by atoms with E-state index in [1.807, 2.05) is 12.1 Å². The molecule has 8 heteroatoms. The minimum atomic E-state index is -0.499. The van der Waals surface area contributed by atoms with Gasteiger partial charge in [-0.3, -0.25) is 0 Å². The molecule has 1 N–H and O–H groups in total. The van der Waals surface area contributed by atoms with Gasteiger partial charge in [0.1, 0.15) is 11.6 Å². The molecule has 3 heterocycles. The first-order valence-electron chi connectivity index (χ1n) is 7.21. The molecule has 1 saturated heterocycles. The summed E-state index contributed by atoms with van der Waals surface area (Å²) in [6.45, 7) is 1.64. The fraction of sp³-hybridized carbons (Fsp3) is 0.333. The molecular formula is C15H16ClN5O2. The van der Waals surface area contributed by atoms with Gasteiger partial charge in [0.15, 0.2) is 5.69 Å². The van der Waals surface area contributed by atoms with Gasteiger partial charge in [-0.05, 0) is 30.7 Å². The number of aromatic nitrogens is 3. The number of nitrogens with zero attached hydrogens (tertiary/aromatic N) is 4. The summed E-state index contributed by atoms with van der Waals surface area (Å²) in [7, 11) is 1.31. The Morgan fingerprint density at radius 2 is 2.26 bits per heavy atom. The highest BCUT2D eigenvalue weighted by atomic mass is 35.5. The van der Waals surface area contributed by atoms with Crippen LogP contribution in [0.3, 0.4) is 0 Å². The molecule has 23 heavy (non-hydrogen) atoms. The van der Waals surface area contributed by atoms with Crippen LogP contribution in [0.5, 0.6) is 0 Å². The van der Waals surface area contributed by atoms with Crippen LogP contribution in [-0.2, 0) is 4.74 Å². The maximum Gasteiger partial charge on any atom is 0.358 e. The average molecular weight is 334 g/mol. The van der Waals surface area contributed by atoms with Gasteiger partial charge >= 0.3 is 5.97 Å². The molecular weight excluding hydrogens is 318 g/mol. The number of ether oxygens (including phenoxy) is 1. The molecule has 1 aliphatic heterocycles. The lowest BCUT2D eigenvalue weighted by molar-refractivity contribution is 0.0593. The van der Waals surface area contributed by atoms with Crippen molar-refractivity contribution in [3.63, 3.8) is 0 Å². The number of methoxy groups -OCH3 is 1. The van der Waals surface area contributed by atoms with E-state index in [-0.39, 0.29) is 11.7 Å². The maximum absolute atomic E-state index is 11.3. The monoisotopic (exact) mass is 333 g/mol. The first-order valence-corrected chi connectivity index (χ1v) is 7.59. The Kier molecular flexibility index (Phi) is 4.57. The lowest BCUT2D eigenvalue weighted by Crippen LogP contribution is -2.27. The Balaban J connectivity index is 1.62. The quantitative estimate of drug-likeness (QED) is 0.857. The molecule has 0 aliphatic carbocycles. The topological polar surface area (TPSA) is 80.2 Å². The van der Waals surface area contributed by atoms with Crippen LogP contribution in [0.1, 0.15) is 16.9 Å². The van der Waals surface area contributed by atoms with E-state index in [1.54, 1.807) is 18.3 Å². The van der Waals surface area contributed by atoms with Crippen LogP contribution in [0.4, 0.5) is 11.6 Å². The number of hydrogen-bond acceptors (Lipinski definition) is 7. The van der Waals surface area contributed by atoms with E-state index in [4.69, 9.17) is 11.6 Å². The number of pyridine rings is 1. The third-order valence-corrected chi connectivity index (χ3v) is 3.93. The van der Waals surface area contributed by atoms with E-state index in [2.05, 4.69) is 30.1 Å². The van der Waals surface area contributed by atoms with Crippen LogP contribution in [0.25, 0.3) is 0 Å². The standard InChI is InChI=1S/C15H16ClN5O2/c1-23-15(22)12-4-5-13(20-19-12)18-10-6-8-21(9-10)14-11(16)3-2-7-17-14/h2-5,7,10H,6,8-9H2,1H3,(H,18,20). The number of halogens is 1. The minimum absolute atomic E-state index is 0.186. The smallest absolute Gasteiger partial charge is 0.358 e. The van der Waals surface area contributed by atoms with E-state index in [0.717, 1.165) is 25.3 Å². The Hall–Kier alpha value is -2.41. The number of carbonyl (C=O) groups excluding carboxylic acids is 1. The van der Waals surface area contributed by atoms with Gasteiger partial charge in [0.25, 0.3) is 0 Å². The summed E-state index contributed by atoms with van der Waals surface area (Å²) in [6.07, 6.45) is 2.67. The Labute approximate surface area is 138 Å². The zero-order chi connectivity index (χ0) is 16.2. The molecule has 1 fully saturated rings. The van der Waals surface area contributed by atoms with Gasteiger partial charge in [-0.25, -0.2) is 9.78 Å². The number of anilines is 2. The first-order chi connectivity index (χ1) is 11.2. The zero-order valence-electron chi connectivity index (χ0n) is 12.6. The van der Waals surface area contributed by atoms with Crippen molar-refractivity contribution in [3.05, 3.63) is 41.2 Å². The number of esters is 1. The van der Waals surface area contributed by atoms with Crippen molar-refractivity contribution in [1.82, 2.24) is 15.2 Å².